The summed E-state index contributed by atoms with van der Waals surface area (Å²) in [6.07, 6.45) is 2.80. The molecule has 1 rings (SSSR count). The van der Waals surface area contributed by atoms with E-state index in [2.05, 4.69) is 20.9 Å². The first-order chi connectivity index (χ1) is 5.74. The number of aromatic nitrogens is 1. The summed E-state index contributed by atoms with van der Waals surface area (Å²) in [5.41, 5.74) is 0. The van der Waals surface area contributed by atoms with Gasteiger partial charge < -0.3 is 4.74 Å². The van der Waals surface area contributed by atoms with E-state index >= 15 is 0 Å². The summed E-state index contributed by atoms with van der Waals surface area (Å²) in [6, 6.07) is 1.69. The molecule has 1 heterocycles. The molecule has 12 heavy (non-hydrogen) atoms. The molecule has 2 nitrogen and oxygen atoms in total. The highest BCUT2D eigenvalue weighted by Gasteiger charge is 2.05. The third-order valence-electron chi connectivity index (χ3n) is 1.28. The molecule has 0 saturated heterocycles. The van der Waals surface area contributed by atoms with Gasteiger partial charge in [0.1, 0.15) is 18.5 Å². The summed E-state index contributed by atoms with van der Waals surface area (Å²) in [6.45, 7) is 1.18. The van der Waals surface area contributed by atoms with Gasteiger partial charge in [0.15, 0.2) is 0 Å². The molecular weight excluding hydrogens is 225 g/mol. The van der Waals surface area contributed by atoms with Crippen molar-refractivity contribution in [3.05, 3.63) is 22.9 Å². The summed E-state index contributed by atoms with van der Waals surface area (Å²) in [7, 11) is 0. The van der Waals surface area contributed by atoms with Crippen molar-refractivity contribution >= 4 is 15.9 Å². The molecule has 0 radical (unpaired) electrons. The molecule has 1 atom stereocenters. The van der Waals surface area contributed by atoms with E-state index in [1.165, 1.54) is 0 Å². The van der Waals surface area contributed by atoms with Gasteiger partial charge in [-0.15, -0.1) is 0 Å². The van der Waals surface area contributed by atoms with Crippen LogP contribution in [0.3, 0.4) is 0 Å². The standard InChI is InChI=1S/C8H9BrFNO/c1-6(4-10)12-8-2-3-11-5-7(8)9/h2-3,5-6H,4H2,1H3. The van der Waals surface area contributed by atoms with Crippen LogP contribution in [0.5, 0.6) is 5.75 Å². The zero-order chi connectivity index (χ0) is 8.97. The number of ether oxygens (including phenoxy) is 1. The average molecular weight is 234 g/mol. The Morgan fingerprint density at radius 1 is 1.75 bits per heavy atom. The van der Waals surface area contributed by atoms with Gasteiger partial charge in [-0.05, 0) is 28.9 Å². The normalized spacial score (nSPS) is 12.6. The Morgan fingerprint density at radius 3 is 3.08 bits per heavy atom. The summed E-state index contributed by atoms with van der Waals surface area (Å²) in [5.74, 6) is 0.621. The van der Waals surface area contributed by atoms with Crippen molar-refractivity contribution in [3.63, 3.8) is 0 Å². The Bertz CT molecular complexity index is 257. The molecule has 0 amide bonds. The van der Waals surface area contributed by atoms with E-state index in [-0.39, 0.29) is 0 Å². The van der Waals surface area contributed by atoms with E-state index in [4.69, 9.17) is 4.74 Å². The second-order valence-electron chi connectivity index (χ2n) is 2.39. The van der Waals surface area contributed by atoms with Gasteiger partial charge in [-0.2, -0.15) is 0 Å². The second-order valence-corrected chi connectivity index (χ2v) is 3.24. The number of halogens is 2. The van der Waals surface area contributed by atoms with Crippen LogP contribution in [0, 0.1) is 0 Å². The highest BCUT2D eigenvalue weighted by molar-refractivity contribution is 9.10. The minimum absolute atomic E-state index is 0.413. The Hall–Kier alpha value is -0.640. The Kier molecular flexibility index (Phi) is 3.47. The molecule has 0 aliphatic carbocycles. The monoisotopic (exact) mass is 233 g/mol. The molecule has 1 aromatic rings. The zero-order valence-electron chi connectivity index (χ0n) is 6.63. The van der Waals surface area contributed by atoms with Crippen LogP contribution in [0.1, 0.15) is 6.92 Å². The van der Waals surface area contributed by atoms with Crippen LogP contribution in [-0.4, -0.2) is 17.8 Å². The van der Waals surface area contributed by atoms with Gasteiger partial charge in [-0.1, -0.05) is 0 Å². The van der Waals surface area contributed by atoms with E-state index in [1.807, 2.05) is 0 Å². The third-order valence-corrected chi connectivity index (χ3v) is 1.88. The van der Waals surface area contributed by atoms with E-state index in [0.717, 1.165) is 4.47 Å². The first kappa shape index (κ1) is 9.45. The van der Waals surface area contributed by atoms with Crippen molar-refractivity contribution in [3.8, 4) is 5.75 Å². The van der Waals surface area contributed by atoms with Crippen LogP contribution in [0.15, 0.2) is 22.9 Å². The molecule has 1 aromatic heterocycles. The Balaban J connectivity index is 2.69. The van der Waals surface area contributed by atoms with Crippen molar-refractivity contribution in [2.75, 3.05) is 6.67 Å². The minimum atomic E-state index is -0.491. The van der Waals surface area contributed by atoms with Crippen molar-refractivity contribution < 1.29 is 9.13 Å². The van der Waals surface area contributed by atoms with E-state index in [9.17, 15) is 4.39 Å². The molecule has 0 bridgehead atoms. The summed E-state index contributed by atoms with van der Waals surface area (Å²) >= 11 is 3.24. The predicted octanol–water partition coefficient (Wildman–Crippen LogP) is 2.58. The van der Waals surface area contributed by atoms with Crippen molar-refractivity contribution in [2.24, 2.45) is 0 Å². The van der Waals surface area contributed by atoms with E-state index in [1.54, 1.807) is 25.4 Å². The van der Waals surface area contributed by atoms with Crippen molar-refractivity contribution in [1.82, 2.24) is 4.98 Å². The molecule has 0 spiro atoms. The number of nitrogens with zero attached hydrogens (tertiary/aromatic N) is 1. The highest BCUT2D eigenvalue weighted by Crippen LogP contribution is 2.23. The minimum Gasteiger partial charge on any atom is -0.487 e. The Labute approximate surface area is 78.9 Å². The lowest BCUT2D eigenvalue weighted by molar-refractivity contribution is 0.181. The smallest absolute Gasteiger partial charge is 0.137 e. The fourth-order valence-corrected chi connectivity index (χ4v) is 1.05. The molecule has 4 heteroatoms. The fourth-order valence-electron chi connectivity index (χ4n) is 0.706. The van der Waals surface area contributed by atoms with E-state index < -0.39 is 12.8 Å². The molecule has 0 fully saturated rings. The predicted molar refractivity (Wildman–Crippen MR) is 48.0 cm³/mol. The van der Waals surface area contributed by atoms with Gasteiger partial charge in [0.05, 0.1) is 4.47 Å². The van der Waals surface area contributed by atoms with Gasteiger partial charge in [0.2, 0.25) is 0 Å². The molecule has 0 aliphatic heterocycles. The van der Waals surface area contributed by atoms with Gasteiger partial charge >= 0.3 is 0 Å². The van der Waals surface area contributed by atoms with Crippen molar-refractivity contribution in [1.29, 1.82) is 0 Å². The number of hydrogen-bond donors (Lipinski definition) is 0. The second kappa shape index (κ2) is 4.40. The SMILES string of the molecule is CC(CF)Oc1ccncc1Br. The number of rotatable bonds is 3. The molecule has 1 unspecified atom stereocenters. The summed E-state index contributed by atoms with van der Waals surface area (Å²) < 4.78 is 18.0. The van der Waals surface area contributed by atoms with Crippen molar-refractivity contribution in [2.45, 2.75) is 13.0 Å². The van der Waals surface area contributed by atoms with Gasteiger partial charge in [0.25, 0.3) is 0 Å². The van der Waals surface area contributed by atoms with Gasteiger partial charge in [-0.25, -0.2) is 4.39 Å². The summed E-state index contributed by atoms with van der Waals surface area (Å²) in [5, 5.41) is 0. The lowest BCUT2D eigenvalue weighted by atomic mass is 10.4. The molecule has 66 valence electrons. The first-order valence-corrected chi connectivity index (χ1v) is 4.35. The van der Waals surface area contributed by atoms with Gasteiger partial charge in [-0.3, -0.25) is 4.98 Å². The maximum absolute atomic E-state index is 12.0. The quantitative estimate of drug-likeness (QED) is 0.801. The van der Waals surface area contributed by atoms with Gasteiger partial charge in [0, 0.05) is 12.4 Å². The van der Waals surface area contributed by atoms with Crippen LogP contribution in [0.4, 0.5) is 4.39 Å². The Morgan fingerprint density at radius 2 is 2.50 bits per heavy atom. The maximum atomic E-state index is 12.0. The molecule has 0 saturated carbocycles. The topological polar surface area (TPSA) is 22.1 Å². The molecule has 0 N–H and O–H groups in total. The average Bonchev–Trinajstić information content (AvgIpc) is 2.09. The third kappa shape index (κ3) is 2.44. The molecular formula is C8H9BrFNO. The lowest BCUT2D eigenvalue weighted by Gasteiger charge is -2.11. The zero-order valence-corrected chi connectivity index (χ0v) is 8.21. The number of alkyl halides is 1. The summed E-state index contributed by atoms with van der Waals surface area (Å²) in [4.78, 5) is 3.86. The van der Waals surface area contributed by atoms with Crippen LogP contribution in [-0.2, 0) is 0 Å². The van der Waals surface area contributed by atoms with Crippen LogP contribution >= 0.6 is 15.9 Å². The van der Waals surface area contributed by atoms with E-state index in [0.29, 0.717) is 5.75 Å². The van der Waals surface area contributed by atoms with Crippen LogP contribution in [0.25, 0.3) is 0 Å². The van der Waals surface area contributed by atoms with Crippen LogP contribution < -0.4 is 4.74 Å². The molecule has 0 aromatic carbocycles. The molecule has 0 aliphatic rings. The lowest BCUT2D eigenvalue weighted by Crippen LogP contribution is -2.13. The highest BCUT2D eigenvalue weighted by atomic mass is 79.9. The fraction of sp³-hybridized carbons (Fsp3) is 0.375. The number of pyridine rings is 1. The first-order valence-electron chi connectivity index (χ1n) is 3.56. The maximum Gasteiger partial charge on any atom is 0.137 e. The largest absolute Gasteiger partial charge is 0.487 e. The number of hydrogen-bond acceptors (Lipinski definition) is 2. The van der Waals surface area contributed by atoms with Crippen LogP contribution in [0.2, 0.25) is 0 Å².